The van der Waals surface area contributed by atoms with Gasteiger partial charge < -0.3 is 14.8 Å². The fourth-order valence-corrected chi connectivity index (χ4v) is 6.21. The number of nitrogens with zero attached hydrogens (tertiary/aromatic N) is 5. The number of thiazole rings is 1. The molecule has 0 bridgehead atoms. The summed E-state index contributed by atoms with van der Waals surface area (Å²) in [4.78, 5) is 21.6. The Morgan fingerprint density at radius 2 is 1.89 bits per heavy atom. The molecule has 0 radical (unpaired) electrons. The Morgan fingerprint density at radius 3 is 2.69 bits per heavy atom. The number of hydrogen-bond donors (Lipinski definition) is 1. The van der Waals surface area contributed by atoms with Crippen molar-refractivity contribution in [2.75, 3.05) is 31.6 Å². The van der Waals surface area contributed by atoms with Crippen LogP contribution in [-0.4, -0.2) is 57.2 Å². The minimum atomic E-state index is 0.200. The molecule has 2 aliphatic heterocycles. The van der Waals surface area contributed by atoms with Crippen molar-refractivity contribution in [3.63, 3.8) is 0 Å². The first-order valence-electron chi connectivity index (χ1n) is 12.7. The van der Waals surface area contributed by atoms with Crippen molar-refractivity contribution in [1.29, 1.82) is 0 Å². The van der Waals surface area contributed by atoms with Crippen molar-refractivity contribution in [2.24, 2.45) is 5.41 Å². The number of rotatable bonds is 7. The Hall–Kier alpha value is -2.62. The molecule has 3 aromatic rings. The lowest BCUT2D eigenvalue weighted by Crippen LogP contribution is -2.47. The minimum Gasteiger partial charge on any atom is -0.460 e. The van der Waals surface area contributed by atoms with Gasteiger partial charge in [0.1, 0.15) is 11.9 Å². The van der Waals surface area contributed by atoms with Crippen molar-refractivity contribution in [2.45, 2.75) is 57.6 Å². The molecule has 1 N–H and O–H groups in total. The Balaban J connectivity index is 1.04. The van der Waals surface area contributed by atoms with Gasteiger partial charge in [0.15, 0.2) is 5.13 Å². The monoisotopic (exact) mass is 492 g/mol. The number of pyridine rings is 1. The number of ether oxygens (including phenoxy) is 2. The summed E-state index contributed by atoms with van der Waals surface area (Å²) in [6, 6.07) is 6.53. The standard InChI is InChI=1S/C26H32N6O2S/c1-2-10-32(11-3-1)18-19-4-5-23(28-16-19)31-25-29-17-22(35-25)21-6-9-27-24(30-21)34-20-14-26(15-20)7-12-33-13-8-26/h4-6,9,16-17,20H,1-3,7-8,10-15,18H2,(H,28,29,31). The zero-order chi connectivity index (χ0) is 23.5. The average Bonchev–Trinajstić information content (AvgIpc) is 3.34. The van der Waals surface area contributed by atoms with Crippen LogP contribution < -0.4 is 10.1 Å². The number of likely N-dealkylation sites (tertiary alicyclic amines) is 1. The fraction of sp³-hybridized carbons (Fsp3) is 0.538. The molecule has 6 rings (SSSR count). The predicted molar refractivity (Wildman–Crippen MR) is 136 cm³/mol. The van der Waals surface area contributed by atoms with Crippen molar-refractivity contribution >= 4 is 22.3 Å². The third-order valence-electron chi connectivity index (χ3n) is 7.45. The van der Waals surface area contributed by atoms with Crippen LogP contribution >= 0.6 is 11.3 Å². The van der Waals surface area contributed by atoms with E-state index in [2.05, 4.69) is 36.2 Å². The van der Waals surface area contributed by atoms with E-state index in [-0.39, 0.29) is 6.10 Å². The van der Waals surface area contributed by atoms with Crippen molar-refractivity contribution in [3.8, 4) is 16.6 Å². The molecule has 0 unspecified atom stereocenters. The van der Waals surface area contributed by atoms with Crippen LogP contribution in [0.5, 0.6) is 6.01 Å². The molecule has 5 heterocycles. The van der Waals surface area contributed by atoms with Gasteiger partial charge >= 0.3 is 6.01 Å². The molecule has 0 aromatic carbocycles. The topological polar surface area (TPSA) is 85.3 Å². The molecule has 1 saturated carbocycles. The molecule has 3 aliphatic rings. The lowest BCUT2D eigenvalue weighted by molar-refractivity contribution is -0.0880. The maximum absolute atomic E-state index is 6.10. The maximum Gasteiger partial charge on any atom is 0.317 e. The van der Waals surface area contributed by atoms with E-state index in [4.69, 9.17) is 9.47 Å². The summed E-state index contributed by atoms with van der Waals surface area (Å²) < 4.78 is 11.6. The summed E-state index contributed by atoms with van der Waals surface area (Å²) in [5, 5.41) is 4.11. The van der Waals surface area contributed by atoms with Gasteiger partial charge in [0.05, 0.1) is 10.6 Å². The van der Waals surface area contributed by atoms with Crippen LogP contribution in [0.4, 0.5) is 10.9 Å². The molecule has 0 amide bonds. The van der Waals surface area contributed by atoms with E-state index >= 15 is 0 Å². The maximum atomic E-state index is 6.10. The molecule has 1 aliphatic carbocycles. The van der Waals surface area contributed by atoms with E-state index in [0.717, 1.165) is 67.0 Å². The summed E-state index contributed by atoms with van der Waals surface area (Å²) in [5.41, 5.74) is 2.49. The summed E-state index contributed by atoms with van der Waals surface area (Å²) in [5.74, 6) is 0.798. The molecule has 2 saturated heterocycles. The normalized spacial score (nSPS) is 20.5. The molecule has 3 aromatic heterocycles. The number of aromatic nitrogens is 4. The Labute approximate surface area is 210 Å². The van der Waals surface area contributed by atoms with Crippen molar-refractivity contribution < 1.29 is 9.47 Å². The summed E-state index contributed by atoms with van der Waals surface area (Å²) >= 11 is 1.55. The first kappa shape index (κ1) is 22.8. The van der Waals surface area contributed by atoms with Crippen molar-refractivity contribution in [1.82, 2.24) is 24.8 Å². The second kappa shape index (κ2) is 10.2. The van der Waals surface area contributed by atoms with Crippen LogP contribution in [0.2, 0.25) is 0 Å². The quantitative estimate of drug-likeness (QED) is 0.490. The zero-order valence-electron chi connectivity index (χ0n) is 20.0. The highest BCUT2D eigenvalue weighted by Crippen LogP contribution is 2.49. The Bertz CT molecular complexity index is 1120. The third kappa shape index (κ3) is 5.47. The van der Waals surface area contributed by atoms with Crippen LogP contribution in [0, 0.1) is 5.41 Å². The van der Waals surface area contributed by atoms with Crippen LogP contribution in [0.25, 0.3) is 10.6 Å². The molecular weight excluding hydrogens is 460 g/mol. The third-order valence-corrected chi connectivity index (χ3v) is 8.39. The summed E-state index contributed by atoms with van der Waals surface area (Å²) in [6.07, 6.45) is 14.1. The summed E-state index contributed by atoms with van der Waals surface area (Å²) in [7, 11) is 0. The van der Waals surface area contributed by atoms with E-state index in [1.807, 2.05) is 24.5 Å². The Morgan fingerprint density at radius 1 is 1.03 bits per heavy atom. The van der Waals surface area contributed by atoms with Gasteiger partial charge in [0.25, 0.3) is 0 Å². The van der Waals surface area contributed by atoms with Gasteiger partial charge in [-0.05, 0) is 74.7 Å². The van der Waals surface area contributed by atoms with Crippen LogP contribution in [0.3, 0.4) is 0 Å². The van der Waals surface area contributed by atoms with E-state index in [1.54, 1.807) is 17.5 Å². The van der Waals surface area contributed by atoms with Gasteiger partial charge in [-0.2, -0.15) is 4.98 Å². The average molecular weight is 493 g/mol. The number of nitrogens with one attached hydrogen (secondary N) is 1. The lowest BCUT2D eigenvalue weighted by atomic mass is 9.62. The molecule has 9 heteroatoms. The van der Waals surface area contributed by atoms with Crippen LogP contribution in [0.15, 0.2) is 36.8 Å². The summed E-state index contributed by atoms with van der Waals surface area (Å²) in [6.45, 7) is 5.10. The van der Waals surface area contributed by atoms with E-state index < -0.39 is 0 Å². The molecule has 1 spiro atoms. The van der Waals surface area contributed by atoms with Gasteiger partial charge in [-0.15, -0.1) is 0 Å². The molecule has 3 fully saturated rings. The molecule has 0 atom stereocenters. The minimum absolute atomic E-state index is 0.200. The number of hydrogen-bond acceptors (Lipinski definition) is 9. The van der Waals surface area contributed by atoms with Gasteiger partial charge in [0, 0.05) is 38.3 Å². The molecule has 184 valence electrons. The van der Waals surface area contributed by atoms with Crippen LogP contribution in [-0.2, 0) is 11.3 Å². The highest BCUT2D eigenvalue weighted by atomic mass is 32.1. The molecule has 8 nitrogen and oxygen atoms in total. The van der Waals surface area contributed by atoms with Crippen LogP contribution in [0.1, 0.15) is 50.5 Å². The SMILES string of the molecule is c1cc(-c2cnc(Nc3ccc(CN4CCCCC4)cn3)s2)nc(OC2CC3(CCOCC3)C2)n1. The first-order valence-corrected chi connectivity index (χ1v) is 13.5. The second-order valence-electron chi connectivity index (χ2n) is 10.0. The number of piperidine rings is 1. The lowest BCUT2D eigenvalue weighted by Gasteiger charge is -2.49. The largest absolute Gasteiger partial charge is 0.460 e. The van der Waals surface area contributed by atoms with Gasteiger partial charge in [-0.1, -0.05) is 23.8 Å². The number of anilines is 2. The second-order valence-corrected chi connectivity index (χ2v) is 11.1. The van der Waals surface area contributed by atoms with Gasteiger partial charge in [0.2, 0.25) is 0 Å². The van der Waals surface area contributed by atoms with E-state index in [0.29, 0.717) is 11.4 Å². The molecule has 35 heavy (non-hydrogen) atoms. The van der Waals surface area contributed by atoms with Gasteiger partial charge in [-0.25, -0.2) is 15.0 Å². The highest BCUT2D eigenvalue weighted by Gasteiger charge is 2.46. The van der Waals surface area contributed by atoms with Crippen molar-refractivity contribution in [3.05, 3.63) is 42.4 Å². The first-order chi connectivity index (χ1) is 17.2. The smallest absolute Gasteiger partial charge is 0.317 e. The Kier molecular flexibility index (Phi) is 6.63. The highest BCUT2D eigenvalue weighted by molar-refractivity contribution is 7.18. The molecular formula is C26H32N6O2S. The van der Waals surface area contributed by atoms with Gasteiger partial charge in [-0.3, -0.25) is 4.90 Å². The van der Waals surface area contributed by atoms with E-state index in [1.165, 1.54) is 37.9 Å². The zero-order valence-corrected chi connectivity index (χ0v) is 20.8. The fourth-order valence-electron chi connectivity index (χ4n) is 5.41. The van der Waals surface area contributed by atoms with E-state index in [9.17, 15) is 0 Å². The predicted octanol–water partition coefficient (Wildman–Crippen LogP) is 5.06.